The van der Waals surface area contributed by atoms with Gasteiger partial charge >= 0.3 is 0 Å². The summed E-state index contributed by atoms with van der Waals surface area (Å²) in [6.07, 6.45) is 0. The molecule has 9 heteroatoms. The van der Waals surface area contributed by atoms with Crippen molar-refractivity contribution in [1.29, 1.82) is 0 Å². The van der Waals surface area contributed by atoms with Crippen molar-refractivity contribution in [1.82, 2.24) is 14.5 Å². The molecule has 0 spiro atoms. The van der Waals surface area contributed by atoms with Crippen LogP contribution in [0.1, 0.15) is 11.6 Å². The Morgan fingerprint density at radius 1 is 1.00 bits per heavy atom. The van der Waals surface area contributed by atoms with Crippen LogP contribution in [0.5, 0.6) is 0 Å². The van der Waals surface area contributed by atoms with Gasteiger partial charge in [0.1, 0.15) is 5.82 Å². The lowest BCUT2D eigenvalue weighted by molar-refractivity contribution is 0.267. The van der Waals surface area contributed by atoms with Gasteiger partial charge in [0, 0.05) is 58.1 Å². The average molecular weight is 499 g/mol. The van der Waals surface area contributed by atoms with Gasteiger partial charge in [-0.2, -0.15) is 4.98 Å². The third kappa shape index (κ3) is 4.73. The molecule has 0 saturated carbocycles. The lowest BCUT2D eigenvalue weighted by atomic mass is 10.1. The number of anilines is 3. The molecule has 0 radical (unpaired) electrons. The zero-order valence-corrected chi connectivity index (χ0v) is 20.6. The minimum Gasteiger partial charge on any atom is -0.369 e. The number of hydrogen-bond donors (Lipinski definition) is 1. The molecule has 0 amide bonds. The van der Waals surface area contributed by atoms with E-state index < -0.39 is 0 Å². The summed E-state index contributed by atoms with van der Waals surface area (Å²) in [6.45, 7) is 6.02. The van der Waals surface area contributed by atoms with Gasteiger partial charge in [-0.1, -0.05) is 53.5 Å². The zero-order chi connectivity index (χ0) is 23.7. The fourth-order valence-corrected chi connectivity index (χ4v) is 5.01. The van der Waals surface area contributed by atoms with E-state index in [-0.39, 0.29) is 11.6 Å². The fraction of sp³-hybridized carbons (Fsp3) is 0.360. The fourth-order valence-electron chi connectivity index (χ4n) is 4.72. The monoisotopic (exact) mass is 498 g/mol. The van der Waals surface area contributed by atoms with Crippen LogP contribution in [0.2, 0.25) is 10.0 Å². The van der Waals surface area contributed by atoms with Gasteiger partial charge in [0.25, 0.3) is 5.56 Å². The first-order valence-electron chi connectivity index (χ1n) is 11.6. The van der Waals surface area contributed by atoms with E-state index in [1.807, 2.05) is 43.4 Å². The molecule has 34 heavy (non-hydrogen) atoms. The Kier molecular flexibility index (Phi) is 6.68. The summed E-state index contributed by atoms with van der Waals surface area (Å²) in [7, 11) is 2.00. The second kappa shape index (κ2) is 9.86. The topological polar surface area (TPSA) is 56.6 Å². The lowest BCUT2D eigenvalue weighted by Crippen LogP contribution is -2.47. The Labute approximate surface area is 209 Å². The van der Waals surface area contributed by atoms with Crippen LogP contribution >= 0.6 is 23.2 Å². The molecule has 0 bridgehead atoms. The van der Waals surface area contributed by atoms with Gasteiger partial charge in [0.15, 0.2) is 0 Å². The minimum absolute atomic E-state index is 0.0204. The molecule has 2 aromatic carbocycles. The number of fused-ring (bicyclic) bond motifs is 1. The van der Waals surface area contributed by atoms with E-state index in [0.717, 1.165) is 45.0 Å². The summed E-state index contributed by atoms with van der Waals surface area (Å²) in [4.78, 5) is 24.3. The maximum absolute atomic E-state index is 12.8. The van der Waals surface area contributed by atoms with Gasteiger partial charge in [-0.3, -0.25) is 14.3 Å². The molecule has 1 fully saturated rings. The minimum atomic E-state index is -0.0204. The standard InChI is InChI=1S/C25H28Cl2N6O/c1-30-22(18-5-3-2-4-6-18)17-33-24(34)16-23(29-25(30)33)28-9-10-31-11-13-32(14-12-31)19-7-8-20(26)21(27)15-19/h2-8,15-16,22,28H,9-14,17H2,1H3. The summed E-state index contributed by atoms with van der Waals surface area (Å²) < 4.78 is 1.76. The predicted molar refractivity (Wildman–Crippen MR) is 140 cm³/mol. The zero-order valence-electron chi connectivity index (χ0n) is 19.1. The molecule has 1 aromatic heterocycles. The Hall–Kier alpha value is -2.74. The van der Waals surface area contributed by atoms with E-state index in [2.05, 4.69) is 32.1 Å². The van der Waals surface area contributed by atoms with E-state index >= 15 is 0 Å². The quantitative estimate of drug-likeness (QED) is 0.554. The highest BCUT2D eigenvalue weighted by molar-refractivity contribution is 6.42. The van der Waals surface area contributed by atoms with Gasteiger partial charge in [0.05, 0.1) is 22.6 Å². The molecule has 2 aliphatic heterocycles. The second-order valence-electron chi connectivity index (χ2n) is 8.78. The number of halogens is 2. The van der Waals surface area contributed by atoms with Crippen LogP contribution in [0.3, 0.4) is 0 Å². The van der Waals surface area contributed by atoms with Gasteiger partial charge in [0.2, 0.25) is 5.95 Å². The molecule has 3 aromatic rings. The highest BCUT2D eigenvalue weighted by Gasteiger charge is 2.30. The molecular formula is C25H28Cl2N6O. The van der Waals surface area contributed by atoms with E-state index in [0.29, 0.717) is 28.4 Å². The van der Waals surface area contributed by atoms with Crippen molar-refractivity contribution in [2.75, 3.05) is 61.4 Å². The van der Waals surface area contributed by atoms with E-state index in [1.54, 1.807) is 10.6 Å². The maximum Gasteiger partial charge on any atom is 0.257 e. The molecule has 7 nitrogen and oxygen atoms in total. The third-order valence-electron chi connectivity index (χ3n) is 6.69. The van der Waals surface area contributed by atoms with Gasteiger partial charge in [-0.25, -0.2) is 0 Å². The van der Waals surface area contributed by atoms with Crippen LogP contribution in [0, 0.1) is 0 Å². The summed E-state index contributed by atoms with van der Waals surface area (Å²) in [5.74, 6) is 1.34. The molecule has 1 N–H and O–H groups in total. The summed E-state index contributed by atoms with van der Waals surface area (Å²) in [5.41, 5.74) is 2.27. The van der Waals surface area contributed by atoms with Crippen LogP contribution in [0.15, 0.2) is 59.4 Å². The number of hydrogen-bond acceptors (Lipinski definition) is 6. The maximum atomic E-state index is 12.8. The largest absolute Gasteiger partial charge is 0.369 e. The molecule has 3 heterocycles. The van der Waals surface area contributed by atoms with Crippen molar-refractivity contribution in [3.05, 3.63) is 80.6 Å². The van der Waals surface area contributed by atoms with Gasteiger partial charge < -0.3 is 15.1 Å². The molecule has 0 aliphatic carbocycles. The summed E-state index contributed by atoms with van der Waals surface area (Å²) in [6, 6.07) is 17.8. The molecular weight excluding hydrogens is 471 g/mol. The molecule has 2 aliphatic rings. The number of aromatic nitrogens is 2. The van der Waals surface area contributed by atoms with Crippen LogP contribution in [-0.4, -0.2) is 60.8 Å². The Morgan fingerprint density at radius 3 is 2.50 bits per heavy atom. The van der Waals surface area contributed by atoms with Crippen molar-refractivity contribution < 1.29 is 0 Å². The van der Waals surface area contributed by atoms with E-state index in [9.17, 15) is 4.79 Å². The Bertz CT molecular complexity index is 1210. The van der Waals surface area contributed by atoms with Crippen molar-refractivity contribution in [3.63, 3.8) is 0 Å². The highest BCUT2D eigenvalue weighted by Crippen LogP contribution is 2.32. The van der Waals surface area contributed by atoms with Crippen molar-refractivity contribution in [3.8, 4) is 0 Å². The van der Waals surface area contributed by atoms with Gasteiger partial charge in [-0.05, 0) is 23.8 Å². The highest BCUT2D eigenvalue weighted by atomic mass is 35.5. The van der Waals surface area contributed by atoms with Crippen LogP contribution in [-0.2, 0) is 6.54 Å². The van der Waals surface area contributed by atoms with Crippen molar-refractivity contribution in [2.24, 2.45) is 0 Å². The van der Waals surface area contributed by atoms with E-state index in [4.69, 9.17) is 28.2 Å². The SMILES string of the molecule is CN1c2nc(NCCN3CCN(c4ccc(Cl)c(Cl)c4)CC3)cc(=O)n2CC1c1ccccc1. The molecule has 1 saturated heterocycles. The molecule has 5 rings (SSSR count). The number of nitrogens with one attached hydrogen (secondary N) is 1. The third-order valence-corrected chi connectivity index (χ3v) is 7.42. The van der Waals surface area contributed by atoms with Crippen LogP contribution in [0.4, 0.5) is 17.5 Å². The summed E-state index contributed by atoms with van der Waals surface area (Å²) in [5, 5.41) is 4.52. The second-order valence-corrected chi connectivity index (χ2v) is 9.60. The molecule has 1 atom stereocenters. The first kappa shape index (κ1) is 23.0. The average Bonchev–Trinajstić information content (AvgIpc) is 3.19. The first-order chi connectivity index (χ1) is 16.5. The van der Waals surface area contributed by atoms with Crippen LogP contribution < -0.4 is 20.7 Å². The first-order valence-corrected chi connectivity index (χ1v) is 12.3. The number of nitrogens with zero attached hydrogens (tertiary/aromatic N) is 5. The Balaban J connectivity index is 1.15. The number of benzene rings is 2. The summed E-state index contributed by atoms with van der Waals surface area (Å²) >= 11 is 12.2. The van der Waals surface area contributed by atoms with Crippen molar-refractivity contribution in [2.45, 2.75) is 12.6 Å². The number of piperazine rings is 1. The molecule has 1 unspecified atom stereocenters. The lowest BCUT2D eigenvalue weighted by Gasteiger charge is -2.36. The van der Waals surface area contributed by atoms with Crippen LogP contribution in [0.25, 0.3) is 0 Å². The number of rotatable bonds is 6. The predicted octanol–water partition coefficient (Wildman–Crippen LogP) is 3.98. The number of likely N-dealkylation sites (N-methyl/N-ethyl adjacent to an activating group) is 1. The normalized spacial score (nSPS) is 18.3. The Morgan fingerprint density at radius 2 is 1.76 bits per heavy atom. The van der Waals surface area contributed by atoms with Gasteiger partial charge in [-0.15, -0.1) is 0 Å². The van der Waals surface area contributed by atoms with E-state index in [1.165, 1.54) is 5.56 Å². The molecule has 178 valence electrons. The van der Waals surface area contributed by atoms with Crippen molar-refractivity contribution >= 4 is 40.7 Å². The smallest absolute Gasteiger partial charge is 0.257 e.